The highest BCUT2D eigenvalue weighted by Crippen LogP contribution is 2.24. The molecular weight excluding hydrogens is 412 g/mol. The number of likely N-dealkylation sites (tertiary alicyclic amines) is 1. The SMILES string of the molecule is O=S(=O)(NCCCN1CCCCCC1)c1cccc(-c2nc(-c3ccccc3)no2)c1. The van der Waals surface area contributed by atoms with E-state index in [1.165, 1.54) is 25.7 Å². The third-order valence-corrected chi connectivity index (χ3v) is 6.95. The number of aromatic nitrogens is 2. The summed E-state index contributed by atoms with van der Waals surface area (Å²) >= 11 is 0. The Morgan fingerprint density at radius 2 is 1.68 bits per heavy atom. The Balaban J connectivity index is 1.38. The number of sulfonamides is 1. The molecule has 1 aliphatic rings. The van der Waals surface area contributed by atoms with E-state index in [1.54, 1.807) is 24.3 Å². The molecule has 0 radical (unpaired) electrons. The van der Waals surface area contributed by atoms with Crippen LogP contribution in [0.25, 0.3) is 22.8 Å². The monoisotopic (exact) mass is 440 g/mol. The van der Waals surface area contributed by atoms with Gasteiger partial charge in [-0.3, -0.25) is 0 Å². The maximum Gasteiger partial charge on any atom is 0.258 e. The molecule has 3 aromatic rings. The van der Waals surface area contributed by atoms with Crippen LogP contribution in [0.5, 0.6) is 0 Å². The van der Waals surface area contributed by atoms with E-state index in [9.17, 15) is 8.42 Å². The molecule has 0 unspecified atom stereocenters. The summed E-state index contributed by atoms with van der Waals surface area (Å²) in [5.41, 5.74) is 1.41. The summed E-state index contributed by atoms with van der Waals surface area (Å²) in [6.07, 6.45) is 5.86. The first kappa shape index (κ1) is 21.7. The molecule has 2 aromatic carbocycles. The lowest BCUT2D eigenvalue weighted by atomic mass is 10.2. The summed E-state index contributed by atoms with van der Waals surface area (Å²) in [4.78, 5) is 7.04. The lowest BCUT2D eigenvalue weighted by Gasteiger charge is -2.19. The molecule has 1 N–H and O–H groups in total. The zero-order chi connectivity index (χ0) is 21.5. The molecule has 164 valence electrons. The number of benzene rings is 2. The fourth-order valence-electron chi connectivity index (χ4n) is 3.79. The van der Waals surface area contributed by atoms with Crippen molar-refractivity contribution < 1.29 is 12.9 Å². The minimum atomic E-state index is -3.60. The van der Waals surface area contributed by atoms with Crippen LogP contribution in [0.15, 0.2) is 64.0 Å². The number of hydrogen-bond donors (Lipinski definition) is 1. The normalized spacial score (nSPS) is 15.6. The van der Waals surface area contributed by atoms with E-state index >= 15 is 0 Å². The Hall–Kier alpha value is -2.55. The van der Waals surface area contributed by atoms with Crippen LogP contribution < -0.4 is 4.72 Å². The van der Waals surface area contributed by atoms with E-state index in [1.807, 2.05) is 30.3 Å². The summed E-state index contributed by atoms with van der Waals surface area (Å²) in [5.74, 6) is 0.757. The van der Waals surface area contributed by atoms with Gasteiger partial charge in [0, 0.05) is 17.7 Å². The minimum absolute atomic E-state index is 0.194. The van der Waals surface area contributed by atoms with Gasteiger partial charge in [-0.15, -0.1) is 0 Å². The Morgan fingerprint density at radius 3 is 2.45 bits per heavy atom. The van der Waals surface area contributed by atoms with Crippen molar-refractivity contribution in [1.82, 2.24) is 19.8 Å². The second kappa shape index (κ2) is 10.2. The standard InChI is InChI=1S/C23H28N4O3S/c28-31(29,24-14-9-17-27-15-6-1-2-7-16-27)21-13-8-12-20(18-21)23-25-22(26-30-23)19-10-4-3-5-11-19/h3-5,8,10-13,18,24H,1-2,6-7,9,14-17H2. The van der Waals surface area contributed by atoms with Crippen LogP contribution in [0.3, 0.4) is 0 Å². The molecule has 31 heavy (non-hydrogen) atoms. The van der Waals surface area contributed by atoms with Crippen molar-refractivity contribution in [2.45, 2.75) is 37.0 Å². The van der Waals surface area contributed by atoms with E-state index in [2.05, 4.69) is 19.8 Å². The summed E-state index contributed by atoms with van der Waals surface area (Å²) in [6, 6.07) is 16.1. The molecule has 0 bridgehead atoms. The van der Waals surface area contributed by atoms with Gasteiger partial charge < -0.3 is 9.42 Å². The van der Waals surface area contributed by atoms with E-state index in [4.69, 9.17) is 4.52 Å². The van der Waals surface area contributed by atoms with Crippen LogP contribution >= 0.6 is 0 Å². The Morgan fingerprint density at radius 1 is 0.935 bits per heavy atom. The Labute approximate surface area is 183 Å². The average Bonchev–Trinajstić information content (AvgIpc) is 3.15. The van der Waals surface area contributed by atoms with Gasteiger partial charge in [-0.2, -0.15) is 4.98 Å². The Bertz CT molecular complexity index is 1070. The van der Waals surface area contributed by atoms with Gasteiger partial charge in [0.1, 0.15) is 0 Å². The molecular formula is C23H28N4O3S. The third-order valence-electron chi connectivity index (χ3n) is 5.49. The molecule has 0 aliphatic carbocycles. The Kier molecular flexibility index (Phi) is 7.11. The van der Waals surface area contributed by atoms with Crippen LogP contribution in [0.2, 0.25) is 0 Å². The zero-order valence-corrected chi connectivity index (χ0v) is 18.4. The molecule has 1 aromatic heterocycles. The molecule has 4 rings (SSSR count). The molecule has 1 saturated heterocycles. The first-order valence-corrected chi connectivity index (χ1v) is 12.3. The lowest BCUT2D eigenvalue weighted by Crippen LogP contribution is -2.30. The van der Waals surface area contributed by atoms with Crippen molar-refractivity contribution in [3.63, 3.8) is 0 Å². The van der Waals surface area contributed by atoms with Crippen molar-refractivity contribution >= 4 is 10.0 Å². The summed E-state index contributed by atoms with van der Waals surface area (Å²) < 4.78 is 33.6. The molecule has 2 heterocycles. The first-order valence-electron chi connectivity index (χ1n) is 10.8. The molecule has 7 nitrogen and oxygen atoms in total. The van der Waals surface area contributed by atoms with Gasteiger partial charge in [-0.25, -0.2) is 13.1 Å². The molecule has 0 atom stereocenters. The fraction of sp³-hybridized carbons (Fsp3) is 0.391. The second-order valence-corrected chi connectivity index (χ2v) is 9.59. The molecule has 0 saturated carbocycles. The highest BCUT2D eigenvalue weighted by Gasteiger charge is 2.17. The van der Waals surface area contributed by atoms with Crippen LogP contribution in [-0.2, 0) is 10.0 Å². The van der Waals surface area contributed by atoms with Crippen molar-refractivity contribution in [3.8, 4) is 22.8 Å². The van der Waals surface area contributed by atoms with Gasteiger partial charge in [0.25, 0.3) is 5.89 Å². The summed E-state index contributed by atoms with van der Waals surface area (Å²) in [7, 11) is -3.60. The predicted molar refractivity (Wildman–Crippen MR) is 120 cm³/mol. The van der Waals surface area contributed by atoms with Crippen LogP contribution in [-0.4, -0.2) is 49.6 Å². The molecule has 1 aliphatic heterocycles. The number of nitrogens with one attached hydrogen (secondary N) is 1. The van der Waals surface area contributed by atoms with Crippen LogP contribution in [0, 0.1) is 0 Å². The van der Waals surface area contributed by atoms with Gasteiger partial charge in [-0.1, -0.05) is 54.4 Å². The van der Waals surface area contributed by atoms with Crippen molar-refractivity contribution in [2.24, 2.45) is 0 Å². The van der Waals surface area contributed by atoms with Crippen LogP contribution in [0.4, 0.5) is 0 Å². The van der Waals surface area contributed by atoms with Gasteiger partial charge in [0.15, 0.2) is 0 Å². The zero-order valence-electron chi connectivity index (χ0n) is 17.5. The van der Waals surface area contributed by atoms with Gasteiger partial charge >= 0.3 is 0 Å². The van der Waals surface area contributed by atoms with Crippen molar-refractivity contribution in [2.75, 3.05) is 26.2 Å². The first-order chi connectivity index (χ1) is 15.1. The topological polar surface area (TPSA) is 88.3 Å². The summed E-state index contributed by atoms with van der Waals surface area (Å²) in [5, 5.41) is 4.01. The van der Waals surface area contributed by atoms with E-state index in [0.717, 1.165) is 31.6 Å². The van der Waals surface area contributed by atoms with Crippen LogP contribution in [0.1, 0.15) is 32.1 Å². The van der Waals surface area contributed by atoms with Crippen molar-refractivity contribution in [3.05, 3.63) is 54.6 Å². The molecule has 8 heteroatoms. The summed E-state index contributed by atoms with van der Waals surface area (Å²) in [6.45, 7) is 3.57. The number of hydrogen-bond acceptors (Lipinski definition) is 6. The van der Waals surface area contributed by atoms with Gasteiger partial charge in [0.2, 0.25) is 15.8 Å². The maximum absolute atomic E-state index is 12.8. The highest BCUT2D eigenvalue weighted by atomic mass is 32.2. The maximum atomic E-state index is 12.8. The minimum Gasteiger partial charge on any atom is -0.334 e. The largest absolute Gasteiger partial charge is 0.334 e. The van der Waals surface area contributed by atoms with Crippen molar-refractivity contribution in [1.29, 1.82) is 0 Å². The third kappa shape index (κ3) is 5.78. The van der Waals surface area contributed by atoms with Gasteiger partial charge in [-0.05, 0) is 57.1 Å². The quantitative estimate of drug-likeness (QED) is 0.534. The highest BCUT2D eigenvalue weighted by molar-refractivity contribution is 7.89. The lowest BCUT2D eigenvalue weighted by molar-refractivity contribution is 0.282. The van der Waals surface area contributed by atoms with E-state index < -0.39 is 10.0 Å². The molecule has 0 amide bonds. The second-order valence-electron chi connectivity index (χ2n) is 7.82. The predicted octanol–water partition coefficient (Wildman–Crippen LogP) is 3.95. The number of nitrogens with zero attached hydrogens (tertiary/aromatic N) is 3. The van der Waals surface area contributed by atoms with E-state index in [0.29, 0.717) is 17.9 Å². The smallest absolute Gasteiger partial charge is 0.258 e. The fourth-order valence-corrected chi connectivity index (χ4v) is 4.91. The average molecular weight is 441 g/mol. The number of rotatable bonds is 8. The van der Waals surface area contributed by atoms with Gasteiger partial charge in [0.05, 0.1) is 4.90 Å². The van der Waals surface area contributed by atoms with E-state index in [-0.39, 0.29) is 10.8 Å². The molecule has 1 fully saturated rings. The molecule has 0 spiro atoms.